The first-order chi connectivity index (χ1) is 11.5. The number of hydrogen-bond acceptors (Lipinski definition) is 2. The summed E-state index contributed by atoms with van der Waals surface area (Å²) in [4.78, 5) is 17.2. The number of halogens is 2. The molecule has 1 amide bonds. The number of rotatable bonds is 4. The zero-order valence-corrected chi connectivity index (χ0v) is 14.6. The van der Waals surface area contributed by atoms with Crippen LogP contribution in [0.15, 0.2) is 0 Å². The van der Waals surface area contributed by atoms with E-state index in [1.54, 1.807) is 0 Å². The van der Waals surface area contributed by atoms with Gasteiger partial charge in [0.05, 0.1) is 5.41 Å². The molecule has 4 aliphatic rings. The normalized spacial score (nSPS) is 35.1. The fourth-order valence-electron chi connectivity index (χ4n) is 5.54. The van der Waals surface area contributed by atoms with E-state index in [4.69, 9.17) is 0 Å². The van der Waals surface area contributed by atoms with Crippen LogP contribution in [-0.4, -0.2) is 54.4 Å². The van der Waals surface area contributed by atoms with Crippen molar-refractivity contribution in [3.8, 4) is 0 Å². The molecule has 0 unspecified atom stereocenters. The zero-order valence-electron chi connectivity index (χ0n) is 14.6. The van der Waals surface area contributed by atoms with Crippen molar-refractivity contribution in [3.05, 3.63) is 0 Å². The summed E-state index contributed by atoms with van der Waals surface area (Å²) in [5.41, 5.74) is -0.181. The van der Waals surface area contributed by atoms with Crippen molar-refractivity contribution < 1.29 is 13.6 Å². The fraction of sp³-hybridized carbons (Fsp3) is 0.947. The average molecular weight is 340 g/mol. The third-order valence-electron chi connectivity index (χ3n) is 6.78. The predicted octanol–water partition coefficient (Wildman–Crippen LogP) is 3.54. The minimum atomic E-state index is -2.43. The van der Waals surface area contributed by atoms with Crippen molar-refractivity contribution in [3.63, 3.8) is 0 Å². The van der Waals surface area contributed by atoms with E-state index < -0.39 is 5.92 Å². The summed E-state index contributed by atoms with van der Waals surface area (Å²) >= 11 is 0. The monoisotopic (exact) mass is 340 g/mol. The van der Waals surface area contributed by atoms with Gasteiger partial charge in [-0.25, -0.2) is 8.78 Å². The minimum Gasteiger partial charge on any atom is -0.341 e. The largest absolute Gasteiger partial charge is 0.341 e. The minimum absolute atomic E-state index is 0.0399. The first-order valence-electron chi connectivity index (χ1n) is 9.85. The number of piperidine rings is 1. The van der Waals surface area contributed by atoms with E-state index in [1.807, 2.05) is 0 Å². The molecule has 2 saturated carbocycles. The van der Waals surface area contributed by atoms with E-state index in [0.717, 1.165) is 45.6 Å². The van der Waals surface area contributed by atoms with Crippen molar-refractivity contribution in [2.24, 2.45) is 17.3 Å². The highest BCUT2D eigenvalue weighted by Gasteiger charge is 2.54. The van der Waals surface area contributed by atoms with Crippen LogP contribution in [0.25, 0.3) is 0 Å². The maximum absolute atomic E-state index is 13.0. The van der Waals surface area contributed by atoms with Crippen LogP contribution >= 0.6 is 0 Å². The van der Waals surface area contributed by atoms with Crippen LogP contribution < -0.4 is 0 Å². The van der Waals surface area contributed by atoms with E-state index in [2.05, 4.69) is 9.80 Å². The van der Waals surface area contributed by atoms with Crippen LogP contribution in [0.1, 0.15) is 57.8 Å². The Morgan fingerprint density at radius 2 is 1.71 bits per heavy atom. The zero-order chi connectivity index (χ0) is 16.8. The molecule has 1 atom stereocenters. The van der Waals surface area contributed by atoms with Gasteiger partial charge in [0.15, 0.2) is 0 Å². The third kappa shape index (κ3) is 3.21. The van der Waals surface area contributed by atoms with Gasteiger partial charge in [-0.05, 0) is 44.1 Å². The topological polar surface area (TPSA) is 23.6 Å². The molecule has 2 aliphatic carbocycles. The summed E-state index contributed by atoms with van der Waals surface area (Å²) in [7, 11) is 0. The number of amides is 1. The number of alkyl halides is 2. The third-order valence-corrected chi connectivity index (χ3v) is 6.78. The van der Waals surface area contributed by atoms with Crippen molar-refractivity contribution in [1.29, 1.82) is 0 Å². The Hall–Kier alpha value is -0.710. The predicted molar refractivity (Wildman–Crippen MR) is 88.9 cm³/mol. The molecule has 0 aromatic rings. The van der Waals surface area contributed by atoms with E-state index >= 15 is 0 Å². The lowest BCUT2D eigenvalue weighted by Gasteiger charge is -2.54. The molecular formula is C19H30F2N2O. The van der Waals surface area contributed by atoms with Gasteiger partial charge in [-0.2, -0.15) is 0 Å². The lowest BCUT2D eigenvalue weighted by molar-refractivity contribution is -0.169. The van der Waals surface area contributed by atoms with Gasteiger partial charge in [0, 0.05) is 39.0 Å². The van der Waals surface area contributed by atoms with Crippen LogP contribution in [0.2, 0.25) is 0 Å². The molecule has 136 valence electrons. The number of β-lactam (4-membered cyclic amide) rings is 1. The lowest BCUT2D eigenvalue weighted by atomic mass is 9.71. The van der Waals surface area contributed by atoms with Gasteiger partial charge in [0.1, 0.15) is 0 Å². The van der Waals surface area contributed by atoms with E-state index in [1.165, 1.54) is 32.1 Å². The molecule has 2 aliphatic heterocycles. The SMILES string of the molecule is O=C1N(CC2CCCCC2)C[C@]12CCCN(CC1CC(F)(F)C1)C2. The van der Waals surface area contributed by atoms with Gasteiger partial charge < -0.3 is 9.80 Å². The summed E-state index contributed by atoms with van der Waals surface area (Å²) in [6, 6.07) is 0. The molecule has 0 radical (unpaired) electrons. The maximum atomic E-state index is 13.0. The Bertz CT molecular complexity index is 484. The summed E-state index contributed by atoms with van der Waals surface area (Å²) in [6.45, 7) is 4.39. The molecule has 0 aromatic carbocycles. The van der Waals surface area contributed by atoms with E-state index in [-0.39, 0.29) is 24.2 Å². The highest BCUT2D eigenvalue weighted by Crippen LogP contribution is 2.45. The second-order valence-corrected chi connectivity index (χ2v) is 8.94. The van der Waals surface area contributed by atoms with Gasteiger partial charge >= 0.3 is 0 Å². The van der Waals surface area contributed by atoms with E-state index in [0.29, 0.717) is 11.8 Å². The number of hydrogen-bond donors (Lipinski definition) is 0. The van der Waals surface area contributed by atoms with Gasteiger partial charge in [-0.1, -0.05) is 19.3 Å². The van der Waals surface area contributed by atoms with Crippen molar-refractivity contribution in [2.75, 3.05) is 32.7 Å². The second kappa shape index (κ2) is 6.22. The number of carbonyl (C=O) groups excluding carboxylic acids is 1. The van der Waals surface area contributed by atoms with Gasteiger partial charge in [0.25, 0.3) is 0 Å². The Kier molecular flexibility index (Phi) is 4.34. The molecule has 0 N–H and O–H groups in total. The molecule has 2 saturated heterocycles. The Balaban J connectivity index is 1.27. The first-order valence-corrected chi connectivity index (χ1v) is 9.85. The lowest BCUT2D eigenvalue weighted by Crippen LogP contribution is -2.67. The number of nitrogens with zero attached hydrogens (tertiary/aromatic N) is 2. The second-order valence-electron chi connectivity index (χ2n) is 8.94. The van der Waals surface area contributed by atoms with Crippen molar-refractivity contribution in [2.45, 2.75) is 63.7 Å². The molecule has 0 bridgehead atoms. The summed E-state index contributed by atoms with van der Waals surface area (Å²) in [5.74, 6) is -1.25. The number of likely N-dealkylation sites (tertiary alicyclic amines) is 2. The standard InChI is InChI=1S/C19H30F2N2O/c20-19(21)9-16(10-19)11-22-8-4-7-18(13-22)14-23(17(18)24)12-15-5-2-1-3-6-15/h15-16H,1-14H2/t18-/m1/s1. The number of carbonyl (C=O) groups is 1. The van der Waals surface area contributed by atoms with Crippen LogP contribution in [0.3, 0.4) is 0 Å². The Morgan fingerprint density at radius 1 is 0.958 bits per heavy atom. The summed E-state index contributed by atoms with van der Waals surface area (Å²) in [5, 5.41) is 0. The highest BCUT2D eigenvalue weighted by atomic mass is 19.3. The van der Waals surface area contributed by atoms with Crippen molar-refractivity contribution in [1.82, 2.24) is 9.80 Å². The summed E-state index contributed by atoms with van der Waals surface area (Å²) in [6.07, 6.45) is 8.64. The quantitative estimate of drug-likeness (QED) is 0.731. The summed E-state index contributed by atoms with van der Waals surface area (Å²) < 4.78 is 26.1. The van der Waals surface area contributed by atoms with Crippen LogP contribution in [0, 0.1) is 17.3 Å². The molecule has 24 heavy (non-hydrogen) atoms. The van der Waals surface area contributed by atoms with Crippen LogP contribution in [0.4, 0.5) is 8.78 Å². The molecule has 4 fully saturated rings. The molecule has 5 heteroatoms. The molecule has 2 heterocycles. The van der Waals surface area contributed by atoms with Crippen LogP contribution in [-0.2, 0) is 4.79 Å². The average Bonchev–Trinajstić information content (AvgIpc) is 2.54. The first kappa shape index (κ1) is 16.7. The molecule has 1 spiro atoms. The van der Waals surface area contributed by atoms with Crippen molar-refractivity contribution >= 4 is 5.91 Å². The van der Waals surface area contributed by atoms with Gasteiger partial charge in [-0.15, -0.1) is 0 Å². The molecular weight excluding hydrogens is 310 g/mol. The smallest absolute Gasteiger partial charge is 0.248 e. The maximum Gasteiger partial charge on any atom is 0.248 e. The Morgan fingerprint density at radius 3 is 2.38 bits per heavy atom. The van der Waals surface area contributed by atoms with Crippen LogP contribution in [0.5, 0.6) is 0 Å². The molecule has 4 rings (SSSR count). The highest BCUT2D eigenvalue weighted by molar-refractivity contribution is 5.89. The van der Waals surface area contributed by atoms with Gasteiger partial charge in [0.2, 0.25) is 11.8 Å². The molecule has 3 nitrogen and oxygen atoms in total. The fourth-order valence-corrected chi connectivity index (χ4v) is 5.54. The van der Waals surface area contributed by atoms with E-state index in [9.17, 15) is 13.6 Å². The molecule has 0 aromatic heterocycles. The van der Waals surface area contributed by atoms with Gasteiger partial charge in [-0.3, -0.25) is 4.79 Å². The Labute approximate surface area is 143 Å².